The highest BCUT2D eigenvalue weighted by molar-refractivity contribution is 7.99. The van der Waals surface area contributed by atoms with Crippen molar-refractivity contribution in [1.82, 2.24) is 9.97 Å². The fraction of sp³-hybridized carbons (Fsp3) is 0.167. The summed E-state index contributed by atoms with van der Waals surface area (Å²) in [4.78, 5) is 9.45. The Labute approximate surface area is 120 Å². The summed E-state index contributed by atoms with van der Waals surface area (Å²) in [6.07, 6.45) is 1.75. The summed E-state index contributed by atoms with van der Waals surface area (Å²) in [5.41, 5.74) is 6.57. The summed E-state index contributed by atoms with van der Waals surface area (Å²) in [5, 5.41) is 2.04. The minimum atomic E-state index is 0.400. The molecule has 0 saturated heterocycles. The molecule has 0 amide bonds. The number of nitrogens with two attached hydrogens (primary N) is 1. The number of hydrogen-bond acceptors (Lipinski definition) is 4. The van der Waals surface area contributed by atoms with E-state index in [0.717, 1.165) is 15.5 Å². The van der Waals surface area contributed by atoms with Gasteiger partial charge in [-0.25, -0.2) is 9.97 Å². The van der Waals surface area contributed by atoms with Crippen molar-refractivity contribution in [3.63, 3.8) is 0 Å². The summed E-state index contributed by atoms with van der Waals surface area (Å²) < 4.78 is 0. The predicted molar refractivity (Wildman–Crippen MR) is 75.2 cm³/mol. The van der Waals surface area contributed by atoms with Crippen LogP contribution in [0, 0.1) is 6.92 Å². The summed E-state index contributed by atoms with van der Waals surface area (Å²) in [6.45, 7) is 2.24. The molecule has 3 nitrogen and oxygen atoms in total. The van der Waals surface area contributed by atoms with Crippen LogP contribution in [0.25, 0.3) is 0 Å². The van der Waals surface area contributed by atoms with Crippen LogP contribution in [0.5, 0.6) is 0 Å². The van der Waals surface area contributed by atoms with Gasteiger partial charge < -0.3 is 5.73 Å². The maximum atomic E-state index is 5.97. The van der Waals surface area contributed by atoms with Crippen molar-refractivity contribution >= 4 is 35.0 Å². The zero-order chi connectivity index (χ0) is 13.1. The van der Waals surface area contributed by atoms with E-state index in [2.05, 4.69) is 9.97 Å². The Kier molecular flexibility index (Phi) is 4.45. The molecule has 0 spiro atoms. The van der Waals surface area contributed by atoms with Gasteiger partial charge in [0.1, 0.15) is 10.9 Å². The van der Waals surface area contributed by atoms with Crippen molar-refractivity contribution in [3.8, 4) is 0 Å². The van der Waals surface area contributed by atoms with Crippen LogP contribution >= 0.6 is 35.0 Å². The third kappa shape index (κ3) is 3.36. The van der Waals surface area contributed by atoms with Gasteiger partial charge in [-0.1, -0.05) is 35.0 Å². The Morgan fingerprint density at radius 1 is 1.22 bits per heavy atom. The van der Waals surface area contributed by atoms with Crippen LogP contribution in [-0.4, -0.2) is 9.97 Å². The van der Waals surface area contributed by atoms with E-state index in [9.17, 15) is 0 Å². The molecule has 0 radical (unpaired) electrons. The lowest BCUT2D eigenvalue weighted by Crippen LogP contribution is -2.02. The molecule has 0 atom stereocenters. The predicted octanol–water partition coefficient (Wildman–Crippen LogP) is 3.70. The second-order valence-corrected chi connectivity index (χ2v) is 5.59. The quantitative estimate of drug-likeness (QED) is 0.878. The molecule has 6 heteroatoms. The molecule has 0 aliphatic heterocycles. The van der Waals surface area contributed by atoms with E-state index < -0.39 is 0 Å². The molecule has 0 bridgehead atoms. The summed E-state index contributed by atoms with van der Waals surface area (Å²) in [6, 6.07) is 5.38. The zero-order valence-corrected chi connectivity index (χ0v) is 12.0. The lowest BCUT2D eigenvalue weighted by molar-refractivity contribution is 0.885. The lowest BCUT2D eigenvalue weighted by Gasteiger charge is -2.07. The third-order valence-corrected chi connectivity index (χ3v) is 3.67. The van der Waals surface area contributed by atoms with Crippen LogP contribution in [0.3, 0.4) is 0 Å². The Balaban J connectivity index is 2.35. The average Bonchev–Trinajstić information content (AvgIpc) is 2.27. The molecule has 0 aliphatic carbocycles. The van der Waals surface area contributed by atoms with Gasteiger partial charge in [-0.3, -0.25) is 0 Å². The molecule has 94 valence electrons. The van der Waals surface area contributed by atoms with Crippen LogP contribution in [0.1, 0.15) is 11.4 Å². The largest absolute Gasteiger partial charge is 0.326 e. The van der Waals surface area contributed by atoms with Crippen molar-refractivity contribution in [2.75, 3.05) is 0 Å². The van der Waals surface area contributed by atoms with Gasteiger partial charge in [0.15, 0.2) is 0 Å². The van der Waals surface area contributed by atoms with Gasteiger partial charge in [0.05, 0.1) is 0 Å². The first-order valence-corrected chi connectivity index (χ1v) is 6.82. The standard InChI is InChI=1S/C12H11Cl2N3S/c1-7-16-6-8(5-15)12(17-7)18-11-3-9(13)2-10(14)4-11/h2-4,6H,5,15H2,1H3. The van der Waals surface area contributed by atoms with Crippen LogP contribution < -0.4 is 5.73 Å². The molecule has 0 fully saturated rings. The van der Waals surface area contributed by atoms with E-state index in [0.29, 0.717) is 22.4 Å². The topological polar surface area (TPSA) is 51.8 Å². The SMILES string of the molecule is Cc1ncc(CN)c(Sc2cc(Cl)cc(Cl)c2)n1. The van der Waals surface area contributed by atoms with Gasteiger partial charge in [0.25, 0.3) is 0 Å². The van der Waals surface area contributed by atoms with E-state index in [-0.39, 0.29) is 0 Å². The highest BCUT2D eigenvalue weighted by atomic mass is 35.5. The van der Waals surface area contributed by atoms with Crippen LogP contribution in [0.15, 0.2) is 34.3 Å². The fourth-order valence-corrected chi connectivity index (χ4v) is 3.10. The molecule has 1 aromatic heterocycles. The molecule has 1 aromatic carbocycles. The Hall–Kier alpha value is -0.810. The molecular formula is C12H11Cl2N3S. The van der Waals surface area contributed by atoms with Gasteiger partial charge in [-0.2, -0.15) is 0 Å². The number of hydrogen-bond donors (Lipinski definition) is 1. The van der Waals surface area contributed by atoms with Crippen molar-refractivity contribution in [3.05, 3.63) is 45.8 Å². The molecule has 18 heavy (non-hydrogen) atoms. The number of aryl methyl sites for hydroxylation is 1. The first-order valence-electron chi connectivity index (χ1n) is 5.25. The molecule has 2 aromatic rings. The van der Waals surface area contributed by atoms with Crippen molar-refractivity contribution in [2.24, 2.45) is 5.73 Å². The molecular weight excluding hydrogens is 289 g/mol. The van der Waals surface area contributed by atoms with Gasteiger partial charge in [-0.15, -0.1) is 0 Å². The number of rotatable bonds is 3. The minimum Gasteiger partial charge on any atom is -0.326 e. The van der Waals surface area contributed by atoms with Crippen LogP contribution in [-0.2, 0) is 6.54 Å². The second-order valence-electron chi connectivity index (χ2n) is 3.66. The van der Waals surface area contributed by atoms with Crippen molar-refractivity contribution in [1.29, 1.82) is 0 Å². The highest BCUT2D eigenvalue weighted by Gasteiger charge is 2.08. The third-order valence-electron chi connectivity index (χ3n) is 2.22. The number of benzene rings is 1. The Morgan fingerprint density at radius 2 is 1.89 bits per heavy atom. The van der Waals surface area contributed by atoms with E-state index >= 15 is 0 Å². The van der Waals surface area contributed by atoms with Crippen LogP contribution in [0.2, 0.25) is 10.0 Å². The molecule has 0 saturated carbocycles. The normalized spacial score (nSPS) is 10.7. The average molecular weight is 300 g/mol. The van der Waals surface area contributed by atoms with E-state index in [1.54, 1.807) is 12.3 Å². The lowest BCUT2D eigenvalue weighted by atomic mass is 10.3. The van der Waals surface area contributed by atoms with Gasteiger partial charge >= 0.3 is 0 Å². The van der Waals surface area contributed by atoms with Gasteiger partial charge in [0, 0.05) is 33.2 Å². The first kappa shape index (κ1) is 13.6. The molecule has 0 unspecified atom stereocenters. The first-order chi connectivity index (χ1) is 8.58. The second kappa shape index (κ2) is 5.89. The number of aromatic nitrogens is 2. The fourth-order valence-electron chi connectivity index (χ4n) is 1.40. The maximum absolute atomic E-state index is 5.97. The van der Waals surface area contributed by atoms with Crippen LogP contribution in [0.4, 0.5) is 0 Å². The zero-order valence-electron chi connectivity index (χ0n) is 9.65. The summed E-state index contributed by atoms with van der Waals surface area (Å²) >= 11 is 13.4. The highest BCUT2D eigenvalue weighted by Crippen LogP contribution is 2.32. The molecule has 0 aliphatic rings. The molecule has 1 heterocycles. The number of halogens is 2. The van der Waals surface area contributed by atoms with Crippen molar-refractivity contribution < 1.29 is 0 Å². The minimum absolute atomic E-state index is 0.400. The van der Waals surface area contributed by atoms with E-state index in [4.69, 9.17) is 28.9 Å². The maximum Gasteiger partial charge on any atom is 0.126 e. The molecule has 2 N–H and O–H groups in total. The summed E-state index contributed by atoms with van der Waals surface area (Å²) in [7, 11) is 0. The monoisotopic (exact) mass is 299 g/mol. The number of nitrogens with zero attached hydrogens (tertiary/aromatic N) is 2. The summed E-state index contributed by atoms with van der Waals surface area (Å²) in [5.74, 6) is 0.711. The van der Waals surface area contributed by atoms with E-state index in [1.807, 2.05) is 19.1 Å². The molecule has 2 rings (SSSR count). The Bertz CT molecular complexity index is 555. The van der Waals surface area contributed by atoms with Gasteiger partial charge in [-0.05, 0) is 25.1 Å². The van der Waals surface area contributed by atoms with Crippen molar-refractivity contribution in [2.45, 2.75) is 23.4 Å². The Morgan fingerprint density at radius 3 is 2.50 bits per heavy atom. The smallest absolute Gasteiger partial charge is 0.126 e. The van der Waals surface area contributed by atoms with Gasteiger partial charge in [0.2, 0.25) is 0 Å². The van der Waals surface area contributed by atoms with E-state index in [1.165, 1.54) is 11.8 Å².